The van der Waals surface area contributed by atoms with Crippen LogP contribution in [0.2, 0.25) is 0 Å². The van der Waals surface area contributed by atoms with E-state index in [1.165, 1.54) is 7.11 Å². The Morgan fingerprint density at radius 1 is 1.12 bits per heavy atom. The van der Waals surface area contributed by atoms with Gasteiger partial charge < -0.3 is 14.3 Å². The zero-order valence-electron chi connectivity index (χ0n) is 15.9. The van der Waals surface area contributed by atoms with Gasteiger partial charge in [-0.15, -0.1) is 5.10 Å². The molecule has 0 saturated heterocycles. The van der Waals surface area contributed by atoms with Crippen molar-refractivity contribution in [2.75, 3.05) is 13.7 Å². The van der Waals surface area contributed by atoms with Gasteiger partial charge in [-0.2, -0.15) is 5.10 Å². The van der Waals surface area contributed by atoms with E-state index in [1.54, 1.807) is 0 Å². The molecule has 1 heterocycles. The van der Waals surface area contributed by atoms with Crippen molar-refractivity contribution in [1.29, 1.82) is 0 Å². The zero-order chi connectivity index (χ0) is 18.9. The van der Waals surface area contributed by atoms with Gasteiger partial charge in [-0.3, -0.25) is 0 Å². The predicted molar refractivity (Wildman–Crippen MR) is 102 cm³/mol. The molecule has 0 spiro atoms. The Balaban J connectivity index is 2.04. The summed E-state index contributed by atoms with van der Waals surface area (Å²) in [5, 5.41) is 12.2. The van der Waals surface area contributed by atoms with E-state index in [0.717, 1.165) is 28.3 Å². The van der Waals surface area contributed by atoms with Gasteiger partial charge in [-0.25, -0.2) is 0 Å². The van der Waals surface area contributed by atoms with Crippen LogP contribution in [0.25, 0.3) is 0 Å². The molecule has 0 aliphatic heterocycles. The second kappa shape index (κ2) is 9.56. The van der Waals surface area contributed by atoms with Gasteiger partial charge in [0.2, 0.25) is 0 Å². The third-order valence-electron chi connectivity index (χ3n) is 3.70. The van der Waals surface area contributed by atoms with Gasteiger partial charge in [-0.1, -0.05) is 17.3 Å². The Morgan fingerprint density at radius 3 is 2.42 bits per heavy atom. The van der Waals surface area contributed by atoms with Crippen LogP contribution in [0.4, 0.5) is 0 Å². The van der Waals surface area contributed by atoms with Crippen LogP contribution in [-0.4, -0.2) is 29.6 Å². The van der Waals surface area contributed by atoms with Crippen LogP contribution in [0.15, 0.2) is 41.6 Å². The van der Waals surface area contributed by atoms with E-state index < -0.39 is 0 Å². The minimum Gasteiger partial charge on any atom is -0.490 e. The van der Waals surface area contributed by atoms with E-state index in [0.29, 0.717) is 24.6 Å². The van der Waals surface area contributed by atoms with Crippen molar-refractivity contribution >= 4 is 5.71 Å². The van der Waals surface area contributed by atoms with Crippen LogP contribution >= 0.6 is 0 Å². The number of aromatic nitrogens is 2. The molecule has 0 unspecified atom stereocenters. The second-order valence-electron chi connectivity index (χ2n) is 5.82. The Kier molecular flexibility index (Phi) is 7.14. The highest BCUT2D eigenvalue weighted by Gasteiger charge is 2.09. The lowest BCUT2D eigenvalue weighted by molar-refractivity contribution is 0.213. The van der Waals surface area contributed by atoms with Gasteiger partial charge >= 0.3 is 0 Å². The minimum atomic E-state index is 0.341. The van der Waals surface area contributed by atoms with Crippen LogP contribution in [-0.2, 0) is 11.4 Å². The minimum absolute atomic E-state index is 0.341. The smallest absolute Gasteiger partial charge is 0.132 e. The summed E-state index contributed by atoms with van der Waals surface area (Å²) in [6.07, 6.45) is 3.93. The summed E-state index contributed by atoms with van der Waals surface area (Å²) < 4.78 is 11.7. The summed E-state index contributed by atoms with van der Waals surface area (Å²) in [6, 6.07) is 7.67. The molecule has 0 saturated carbocycles. The molecule has 6 nitrogen and oxygen atoms in total. The number of benzene rings is 1. The molecule has 2 aromatic rings. The van der Waals surface area contributed by atoms with E-state index >= 15 is 0 Å². The molecule has 6 heteroatoms. The first kappa shape index (κ1) is 19.4. The number of rotatable bonds is 8. The van der Waals surface area contributed by atoms with E-state index in [4.69, 9.17) is 14.3 Å². The van der Waals surface area contributed by atoms with Crippen molar-refractivity contribution in [3.05, 3.63) is 58.9 Å². The summed E-state index contributed by atoms with van der Waals surface area (Å²) in [7, 11) is 1.50. The molecule has 2 rings (SSSR count). The molecular weight excluding hydrogens is 330 g/mol. The van der Waals surface area contributed by atoms with E-state index in [2.05, 4.69) is 15.4 Å². The Hall–Kier alpha value is -2.89. The number of nitrogens with zero attached hydrogens (tertiary/aromatic N) is 3. The first-order chi connectivity index (χ1) is 12.5. The molecule has 1 aromatic heterocycles. The normalized spacial score (nSPS) is 11.7. The van der Waals surface area contributed by atoms with Crippen molar-refractivity contribution in [3.8, 4) is 11.5 Å². The fourth-order valence-electron chi connectivity index (χ4n) is 2.42. The van der Waals surface area contributed by atoms with Crippen LogP contribution in [0.3, 0.4) is 0 Å². The lowest BCUT2D eigenvalue weighted by Crippen LogP contribution is -2.06. The molecule has 1 aromatic carbocycles. The number of aryl methyl sites for hydroxylation is 2. The summed E-state index contributed by atoms with van der Waals surface area (Å²) in [5.74, 6) is 1.67. The molecule has 0 amide bonds. The summed E-state index contributed by atoms with van der Waals surface area (Å²) in [6.45, 7) is 8.69. The summed E-state index contributed by atoms with van der Waals surface area (Å²) >= 11 is 0. The highest BCUT2D eigenvalue weighted by atomic mass is 16.6. The fraction of sp³-hybridized carbons (Fsp3) is 0.350. The van der Waals surface area contributed by atoms with Crippen molar-refractivity contribution in [3.63, 3.8) is 0 Å². The maximum Gasteiger partial charge on any atom is 0.132 e. The summed E-state index contributed by atoms with van der Waals surface area (Å²) in [5.41, 5.74) is 4.13. The molecule has 0 aliphatic carbocycles. The van der Waals surface area contributed by atoms with Gasteiger partial charge in [0.05, 0.1) is 0 Å². The van der Waals surface area contributed by atoms with Gasteiger partial charge in [-0.05, 0) is 63.1 Å². The molecule has 138 valence electrons. The number of allylic oxidation sites excluding steroid dienone is 1. The van der Waals surface area contributed by atoms with Crippen molar-refractivity contribution in [2.45, 2.75) is 34.3 Å². The van der Waals surface area contributed by atoms with Gasteiger partial charge in [0.15, 0.2) is 0 Å². The fourth-order valence-corrected chi connectivity index (χ4v) is 2.42. The Bertz CT molecular complexity index is 760. The molecule has 0 aliphatic rings. The third-order valence-corrected chi connectivity index (χ3v) is 3.70. The standard InChI is InChI=1S/C20H25N3O3/c1-6-7-10-25-18-11-14(2)20(15(3)12-18)26-13-17-8-9-19(22-21-17)16(4)23-24-5/h6-9,11-12H,10,13H2,1-5H3/b7-6+,23-16+. The maximum absolute atomic E-state index is 5.96. The van der Waals surface area contributed by atoms with E-state index in [1.807, 2.05) is 64.1 Å². The Labute approximate surface area is 154 Å². The Morgan fingerprint density at radius 2 is 1.85 bits per heavy atom. The maximum atomic E-state index is 5.96. The average Bonchev–Trinajstić information content (AvgIpc) is 2.62. The number of oxime groups is 1. The van der Waals surface area contributed by atoms with E-state index in [-0.39, 0.29) is 0 Å². The van der Waals surface area contributed by atoms with Crippen LogP contribution in [0.1, 0.15) is 36.4 Å². The van der Waals surface area contributed by atoms with Crippen LogP contribution < -0.4 is 9.47 Å². The van der Waals surface area contributed by atoms with Gasteiger partial charge in [0, 0.05) is 0 Å². The van der Waals surface area contributed by atoms with Crippen LogP contribution in [0.5, 0.6) is 11.5 Å². The monoisotopic (exact) mass is 355 g/mol. The van der Waals surface area contributed by atoms with Crippen LogP contribution in [0, 0.1) is 13.8 Å². The molecule has 26 heavy (non-hydrogen) atoms. The summed E-state index contributed by atoms with van der Waals surface area (Å²) in [4.78, 5) is 4.74. The third kappa shape index (κ3) is 5.31. The van der Waals surface area contributed by atoms with E-state index in [9.17, 15) is 0 Å². The predicted octanol–water partition coefficient (Wildman–Crippen LogP) is 4.00. The first-order valence-corrected chi connectivity index (χ1v) is 8.44. The molecule has 0 atom stereocenters. The second-order valence-corrected chi connectivity index (χ2v) is 5.82. The highest BCUT2D eigenvalue weighted by Crippen LogP contribution is 2.29. The molecule has 0 bridgehead atoms. The first-order valence-electron chi connectivity index (χ1n) is 8.44. The number of ether oxygens (including phenoxy) is 2. The van der Waals surface area contributed by atoms with Gasteiger partial charge in [0.25, 0.3) is 0 Å². The number of hydrogen-bond acceptors (Lipinski definition) is 6. The van der Waals surface area contributed by atoms with Crippen molar-refractivity contribution in [1.82, 2.24) is 10.2 Å². The SMILES string of the molecule is C/C=C/COc1cc(C)c(OCc2ccc(/C(C)=N/OC)nn2)c(C)c1. The van der Waals surface area contributed by atoms with Gasteiger partial charge in [0.1, 0.15) is 48.9 Å². The lowest BCUT2D eigenvalue weighted by atomic mass is 10.1. The van der Waals surface area contributed by atoms with Crippen molar-refractivity contribution in [2.24, 2.45) is 5.16 Å². The van der Waals surface area contributed by atoms with Crippen molar-refractivity contribution < 1.29 is 14.3 Å². The molecule has 0 radical (unpaired) electrons. The number of hydrogen-bond donors (Lipinski definition) is 0. The topological polar surface area (TPSA) is 65.8 Å². The molecule has 0 N–H and O–H groups in total. The quantitative estimate of drug-likeness (QED) is 0.407. The average molecular weight is 355 g/mol. The molecule has 0 fully saturated rings. The lowest BCUT2D eigenvalue weighted by Gasteiger charge is -2.14. The largest absolute Gasteiger partial charge is 0.490 e. The zero-order valence-corrected chi connectivity index (χ0v) is 15.9. The molecular formula is C20H25N3O3. The highest BCUT2D eigenvalue weighted by molar-refractivity contribution is 5.96.